The van der Waals surface area contributed by atoms with Crippen LogP contribution in [0.2, 0.25) is 0 Å². The van der Waals surface area contributed by atoms with E-state index in [0.717, 1.165) is 5.52 Å². The van der Waals surface area contributed by atoms with E-state index in [0.29, 0.717) is 0 Å². The summed E-state index contributed by atoms with van der Waals surface area (Å²) in [6.45, 7) is 0. The fourth-order valence-corrected chi connectivity index (χ4v) is 1.55. The molecule has 0 aliphatic carbocycles. The minimum atomic E-state index is 1.08. The average molecular weight is 151 g/mol. The van der Waals surface area contributed by atoms with E-state index in [1.807, 2.05) is 29.5 Å². The fourth-order valence-electron chi connectivity index (χ4n) is 0.907. The molecule has 2 nitrogen and oxygen atoms in total. The zero-order valence-electron chi connectivity index (χ0n) is 5.61. The second-order valence-electron chi connectivity index (χ2n) is 2.21. The summed E-state index contributed by atoms with van der Waals surface area (Å²) in [4.78, 5) is 4.18. The molecular weight excluding hydrogens is 144 g/mol. The highest BCUT2D eigenvalue weighted by Gasteiger charge is 1.98. The number of rotatable bonds is 0. The smallest absolute Gasteiger partial charge is 0.195 e. The third-order valence-electron chi connectivity index (χ3n) is 1.41. The van der Waals surface area contributed by atoms with Gasteiger partial charge >= 0.3 is 0 Å². The van der Waals surface area contributed by atoms with Crippen LogP contribution in [0.4, 0.5) is 0 Å². The van der Waals surface area contributed by atoms with Crippen LogP contribution in [0.25, 0.3) is 10.2 Å². The zero-order chi connectivity index (χ0) is 6.97. The maximum absolute atomic E-state index is 4.18. The molecule has 0 fully saturated rings. The number of aryl methyl sites for hydroxylation is 1. The first kappa shape index (κ1) is 5.80. The first-order chi connectivity index (χ1) is 4.86. The van der Waals surface area contributed by atoms with E-state index in [9.17, 15) is 0 Å². The lowest BCUT2D eigenvalue weighted by Crippen LogP contribution is -2.25. The lowest BCUT2D eigenvalue weighted by atomic mass is 10.4. The van der Waals surface area contributed by atoms with Gasteiger partial charge in [-0.3, -0.25) is 0 Å². The predicted octanol–water partition coefficient (Wildman–Crippen LogP) is 1.12. The van der Waals surface area contributed by atoms with Crippen molar-refractivity contribution in [2.24, 2.45) is 7.05 Å². The summed E-state index contributed by atoms with van der Waals surface area (Å²) in [6.07, 6.45) is 4.05. The molecule has 0 saturated heterocycles. The SMILES string of the molecule is C[n+]1ccc2scnc2c1. The summed E-state index contributed by atoms with van der Waals surface area (Å²) < 4.78 is 3.25. The summed E-state index contributed by atoms with van der Waals surface area (Å²) in [5.41, 5.74) is 2.94. The van der Waals surface area contributed by atoms with Gasteiger partial charge in [0.2, 0.25) is 0 Å². The number of nitrogens with zero attached hydrogens (tertiary/aromatic N) is 2. The quantitative estimate of drug-likeness (QED) is 0.515. The van der Waals surface area contributed by atoms with Gasteiger partial charge in [-0.25, -0.2) is 9.55 Å². The zero-order valence-corrected chi connectivity index (χ0v) is 6.43. The number of hydrogen-bond acceptors (Lipinski definition) is 2. The second-order valence-corrected chi connectivity index (χ2v) is 3.10. The minimum absolute atomic E-state index is 1.08. The summed E-state index contributed by atoms with van der Waals surface area (Å²) in [5, 5.41) is 0. The highest BCUT2D eigenvalue weighted by atomic mass is 32.1. The van der Waals surface area contributed by atoms with Gasteiger partial charge in [0.05, 0.1) is 10.2 Å². The molecule has 2 aromatic rings. The minimum Gasteiger partial charge on any atom is -0.238 e. The second kappa shape index (κ2) is 2.02. The number of aromatic nitrogens is 2. The molecule has 10 heavy (non-hydrogen) atoms. The van der Waals surface area contributed by atoms with Crippen molar-refractivity contribution in [1.82, 2.24) is 4.98 Å². The van der Waals surface area contributed by atoms with E-state index in [4.69, 9.17) is 0 Å². The summed E-state index contributed by atoms with van der Waals surface area (Å²) in [6, 6.07) is 2.08. The first-order valence-corrected chi connectivity index (χ1v) is 3.93. The standard InChI is InChI=1S/C7H7N2S/c1-9-3-2-7-6(4-9)8-5-10-7/h2-5H,1H3/q+1. The van der Waals surface area contributed by atoms with Crippen molar-refractivity contribution in [2.45, 2.75) is 0 Å². The van der Waals surface area contributed by atoms with E-state index in [-0.39, 0.29) is 0 Å². The molecule has 2 rings (SSSR count). The predicted molar refractivity (Wildman–Crippen MR) is 40.8 cm³/mol. The molecule has 0 unspecified atom stereocenters. The van der Waals surface area contributed by atoms with Crippen LogP contribution in [0.5, 0.6) is 0 Å². The van der Waals surface area contributed by atoms with Gasteiger partial charge in [0.15, 0.2) is 12.4 Å². The van der Waals surface area contributed by atoms with Gasteiger partial charge in [0, 0.05) is 6.07 Å². The lowest BCUT2D eigenvalue weighted by Gasteiger charge is -1.83. The van der Waals surface area contributed by atoms with Crippen molar-refractivity contribution in [3.8, 4) is 0 Å². The van der Waals surface area contributed by atoms with Gasteiger partial charge in [-0.15, -0.1) is 11.3 Å². The molecular formula is C7H7N2S+. The Morgan fingerprint density at radius 3 is 3.40 bits per heavy atom. The molecule has 0 aliphatic heterocycles. The number of pyridine rings is 1. The van der Waals surface area contributed by atoms with Crippen LogP contribution in [0, 0.1) is 0 Å². The van der Waals surface area contributed by atoms with Crippen molar-refractivity contribution in [3.05, 3.63) is 24.0 Å². The van der Waals surface area contributed by atoms with Gasteiger partial charge in [0.1, 0.15) is 12.6 Å². The van der Waals surface area contributed by atoms with Crippen LogP contribution in [0.1, 0.15) is 0 Å². The fraction of sp³-hybridized carbons (Fsp3) is 0.143. The summed E-state index contributed by atoms with van der Waals surface area (Å²) in [7, 11) is 2.00. The van der Waals surface area contributed by atoms with Crippen molar-refractivity contribution in [3.63, 3.8) is 0 Å². The summed E-state index contributed by atoms with van der Waals surface area (Å²) >= 11 is 1.67. The molecule has 0 amide bonds. The van der Waals surface area contributed by atoms with Crippen LogP contribution >= 0.6 is 11.3 Å². The lowest BCUT2D eigenvalue weighted by molar-refractivity contribution is -0.670. The molecule has 0 spiro atoms. The third-order valence-corrected chi connectivity index (χ3v) is 2.22. The van der Waals surface area contributed by atoms with Crippen LogP contribution in [0.3, 0.4) is 0 Å². The van der Waals surface area contributed by atoms with Crippen LogP contribution < -0.4 is 4.57 Å². The Hall–Kier alpha value is -0.960. The third kappa shape index (κ3) is 0.789. The molecule has 0 atom stereocenters. The van der Waals surface area contributed by atoms with Crippen LogP contribution in [-0.2, 0) is 7.05 Å². The molecule has 2 heterocycles. The maximum Gasteiger partial charge on any atom is 0.195 e. The molecule has 0 aliphatic rings. The number of fused-ring (bicyclic) bond motifs is 1. The van der Waals surface area contributed by atoms with Gasteiger partial charge in [-0.2, -0.15) is 0 Å². The van der Waals surface area contributed by atoms with E-state index in [2.05, 4.69) is 11.1 Å². The van der Waals surface area contributed by atoms with Crippen molar-refractivity contribution in [1.29, 1.82) is 0 Å². The molecule has 0 radical (unpaired) electrons. The number of hydrogen-bond donors (Lipinski definition) is 0. The summed E-state index contributed by atoms with van der Waals surface area (Å²) in [5.74, 6) is 0. The van der Waals surface area contributed by atoms with E-state index >= 15 is 0 Å². The van der Waals surface area contributed by atoms with Gasteiger partial charge in [-0.1, -0.05) is 0 Å². The normalized spacial score (nSPS) is 10.5. The van der Waals surface area contributed by atoms with E-state index < -0.39 is 0 Å². The topological polar surface area (TPSA) is 16.8 Å². The van der Waals surface area contributed by atoms with E-state index in [1.165, 1.54) is 4.70 Å². The average Bonchev–Trinajstić information content (AvgIpc) is 2.33. The molecule has 0 N–H and O–H groups in total. The number of thiazole rings is 1. The van der Waals surface area contributed by atoms with Gasteiger partial charge in [0.25, 0.3) is 0 Å². The van der Waals surface area contributed by atoms with Gasteiger partial charge < -0.3 is 0 Å². The monoisotopic (exact) mass is 151 g/mol. The van der Waals surface area contributed by atoms with Crippen LogP contribution in [-0.4, -0.2) is 4.98 Å². The molecule has 2 aromatic heterocycles. The maximum atomic E-state index is 4.18. The van der Waals surface area contributed by atoms with Gasteiger partial charge in [-0.05, 0) is 0 Å². The molecule has 0 aromatic carbocycles. The molecule has 0 saturated carbocycles. The largest absolute Gasteiger partial charge is 0.238 e. The Labute approximate surface area is 62.8 Å². The van der Waals surface area contributed by atoms with Crippen molar-refractivity contribution >= 4 is 21.6 Å². The highest BCUT2D eigenvalue weighted by Crippen LogP contribution is 2.13. The molecule has 3 heteroatoms. The Bertz CT molecular complexity index is 353. The Kier molecular flexibility index (Phi) is 1.17. The Morgan fingerprint density at radius 1 is 1.60 bits per heavy atom. The van der Waals surface area contributed by atoms with Crippen molar-refractivity contribution < 1.29 is 4.57 Å². The molecule has 50 valence electrons. The highest BCUT2D eigenvalue weighted by molar-refractivity contribution is 7.16. The Balaban J connectivity index is 2.86. The van der Waals surface area contributed by atoms with E-state index in [1.54, 1.807) is 11.3 Å². The molecule has 0 bridgehead atoms. The van der Waals surface area contributed by atoms with Crippen molar-refractivity contribution in [2.75, 3.05) is 0 Å². The van der Waals surface area contributed by atoms with Crippen LogP contribution in [0.15, 0.2) is 24.0 Å². The Morgan fingerprint density at radius 2 is 2.50 bits per heavy atom. The first-order valence-electron chi connectivity index (χ1n) is 3.05.